The maximum absolute atomic E-state index is 12.9. The van der Waals surface area contributed by atoms with E-state index >= 15 is 0 Å². The molecule has 31 heavy (non-hydrogen) atoms. The van der Waals surface area contributed by atoms with Gasteiger partial charge in [-0.15, -0.1) is 0 Å². The van der Waals surface area contributed by atoms with Crippen LogP contribution in [0.25, 0.3) is 5.70 Å². The van der Waals surface area contributed by atoms with Crippen LogP contribution in [0.3, 0.4) is 0 Å². The molecule has 1 aromatic rings. The molecule has 2 atom stereocenters. The molecule has 1 N–H and O–H groups in total. The van der Waals surface area contributed by atoms with Gasteiger partial charge in [0.25, 0.3) is 0 Å². The second kappa shape index (κ2) is 8.27. The van der Waals surface area contributed by atoms with E-state index in [1.807, 2.05) is 11.0 Å². The number of likely N-dealkylation sites (tertiary alicyclic amines) is 1. The number of rotatable bonds is 7. The van der Waals surface area contributed by atoms with Gasteiger partial charge in [-0.25, -0.2) is 0 Å². The first-order valence-electron chi connectivity index (χ1n) is 10.8. The first kappa shape index (κ1) is 20.5. The lowest BCUT2D eigenvalue weighted by atomic mass is 10.0. The van der Waals surface area contributed by atoms with Gasteiger partial charge < -0.3 is 19.1 Å². The molecular formula is C22H26F2N2O5. The zero-order chi connectivity index (χ0) is 21.4. The smallest absolute Gasteiger partial charge is 0.387 e. The van der Waals surface area contributed by atoms with Crippen molar-refractivity contribution < 1.29 is 32.6 Å². The number of carbonyl (C=O) groups is 1. The lowest BCUT2D eigenvalue weighted by Gasteiger charge is -2.25. The summed E-state index contributed by atoms with van der Waals surface area (Å²) in [6, 6.07) is 4.76. The quantitative estimate of drug-likeness (QED) is 0.709. The van der Waals surface area contributed by atoms with E-state index in [1.54, 1.807) is 12.1 Å². The number of carbonyl (C=O) groups excluding carboxylic acids is 1. The van der Waals surface area contributed by atoms with E-state index in [2.05, 4.69) is 10.2 Å². The standard InChI is InChI=1S/C22H26F2N2O5/c23-21(24)30-18-6-5-15(17-11-22(31-25-17)7-9-28-13-22)10-19(18)29-12-16-2-1-8-26(16)20(27)14-3-4-14/h5-6,10-11,14,16,21,25H,1-4,7-9,12-13H2/t16-,22?/m1/s1. The Morgan fingerprint density at radius 2 is 2.16 bits per heavy atom. The fourth-order valence-corrected chi connectivity index (χ4v) is 4.41. The molecule has 9 heteroatoms. The van der Waals surface area contributed by atoms with Crippen LogP contribution in [0.15, 0.2) is 24.3 Å². The predicted octanol–water partition coefficient (Wildman–Crippen LogP) is 3.10. The molecule has 7 nitrogen and oxygen atoms in total. The van der Waals surface area contributed by atoms with Gasteiger partial charge in [-0.05, 0) is 50.0 Å². The summed E-state index contributed by atoms with van der Waals surface area (Å²) in [5, 5.41) is 0. The molecule has 3 aliphatic heterocycles. The average molecular weight is 436 g/mol. The number of hydrogen-bond donors (Lipinski definition) is 1. The van der Waals surface area contributed by atoms with Crippen LogP contribution in [0.5, 0.6) is 11.5 Å². The minimum Gasteiger partial charge on any atom is -0.488 e. The average Bonchev–Trinajstić information content (AvgIpc) is 3.14. The van der Waals surface area contributed by atoms with E-state index in [0.717, 1.165) is 49.9 Å². The third kappa shape index (κ3) is 4.34. The number of halogens is 2. The van der Waals surface area contributed by atoms with E-state index < -0.39 is 12.2 Å². The minimum atomic E-state index is -2.96. The number of nitrogens with one attached hydrogen (secondary N) is 1. The van der Waals surface area contributed by atoms with Crippen molar-refractivity contribution >= 4 is 11.6 Å². The summed E-state index contributed by atoms with van der Waals surface area (Å²) >= 11 is 0. The van der Waals surface area contributed by atoms with Gasteiger partial charge in [0.2, 0.25) is 5.91 Å². The number of hydrogen-bond acceptors (Lipinski definition) is 6. The first-order valence-corrected chi connectivity index (χ1v) is 10.8. The molecule has 0 aromatic heterocycles. The Hall–Kier alpha value is -2.39. The lowest BCUT2D eigenvalue weighted by Crippen LogP contribution is -2.39. The largest absolute Gasteiger partial charge is 0.488 e. The number of hydroxylamine groups is 1. The second-order valence-electron chi connectivity index (χ2n) is 8.58. The zero-order valence-corrected chi connectivity index (χ0v) is 17.1. The summed E-state index contributed by atoms with van der Waals surface area (Å²) in [6.45, 7) is -0.909. The van der Waals surface area contributed by atoms with Crippen molar-refractivity contribution in [3.05, 3.63) is 29.8 Å². The molecule has 0 radical (unpaired) electrons. The van der Waals surface area contributed by atoms with E-state index in [0.29, 0.717) is 13.2 Å². The van der Waals surface area contributed by atoms with Crippen LogP contribution in [0.2, 0.25) is 0 Å². The van der Waals surface area contributed by atoms with Crippen molar-refractivity contribution in [2.75, 3.05) is 26.4 Å². The van der Waals surface area contributed by atoms with Crippen molar-refractivity contribution in [2.45, 2.75) is 50.4 Å². The Bertz CT molecular complexity index is 867. The van der Waals surface area contributed by atoms with Crippen LogP contribution in [0.4, 0.5) is 8.78 Å². The molecule has 5 rings (SSSR count). The molecule has 0 bridgehead atoms. The molecule has 168 valence electrons. The van der Waals surface area contributed by atoms with Gasteiger partial charge in [-0.1, -0.05) is 0 Å². The summed E-state index contributed by atoms with van der Waals surface area (Å²) in [5.74, 6) is 0.518. The number of alkyl halides is 2. The second-order valence-corrected chi connectivity index (χ2v) is 8.58. The molecule has 1 spiro atoms. The third-order valence-corrected chi connectivity index (χ3v) is 6.28. The fraction of sp³-hybridized carbons (Fsp3) is 0.591. The van der Waals surface area contributed by atoms with Crippen LogP contribution in [-0.2, 0) is 14.4 Å². The monoisotopic (exact) mass is 436 g/mol. The normalized spacial score (nSPS) is 27.6. The number of benzene rings is 1. The highest BCUT2D eigenvalue weighted by molar-refractivity contribution is 5.81. The first-order chi connectivity index (χ1) is 15.0. The zero-order valence-electron chi connectivity index (χ0n) is 17.1. The Morgan fingerprint density at radius 1 is 1.29 bits per heavy atom. The van der Waals surface area contributed by atoms with Gasteiger partial charge >= 0.3 is 6.61 Å². The summed E-state index contributed by atoms with van der Waals surface area (Å²) in [4.78, 5) is 20.1. The number of amides is 1. The van der Waals surface area contributed by atoms with Crippen LogP contribution in [-0.4, -0.2) is 55.4 Å². The maximum Gasteiger partial charge on any atom is 0.387 e. The van der Waals surface area contributed by atoms with E-state index in [-0.39, 0.29) is 36.0 Å². The number of nitrogens with zero attached hydrogens (tertiary/aromatic N) is 1. The van der Waals surface area contributed by atoms with Gasteiger partial charge in [0, 0.05) is 31.1 Å². The van der Waals surface area contributed by atoms with Crippen molar-refractivity contribution in [1.82, 2.24) is 10.4 Å². The van der Waals surface area contributed by atoms with Crippen LogP contribution in [0, 0.1) is 5.92 Å². The lowest BCUT2D eigenvalue weighted by molar-refractivity contribution is -0.133. The van der Waals surface area contributed by atoms with Crippen molar-refractivity contribution in [2.24, 2.45) is 5.92 Å². The van der Waals surface area contributed by atoms with E-state index in [9.17, 15) is 13.6 Å². The summed E-state index contributed by atoms with van der Waals surface area (Å²) in [7, 11) is 0. The Labute approximate surface area is 179 Å². The molecule has 3 fully saturated rings. The van der Waals surface area contributed by atoms with Crippen LogP contribution >= 0.6 is 0 Å². The Kier molecular flexibility index (Phi) is 5.47. The van der Waals surface area contributed by atoms with E-state index in [1.165, 1.54) is 6.07 Å². The third-order valence-electron chi connectivity index (χ3n) is 6.28. The highest BCUT2D eigenvalue weighted by Crippen LogP contribution is 2.37. The molecule has 1 saturated carbocycles. The molecule has 1 aromatic carbocycles. The summed E-state index contributed by atoms with van der Waals surface area (Å²) < 4.78 is 41.9. The molecule has 1 unspecified atom stereocenters. The number of ether oxygens (including phenoxy) is 3. The van der Waals surface area contributed by atoms with E-state index in [4.69, 9.17) is 14.3 Å². The fourth-order valence-electron chi connectivity index (χ4n) is 4.41. The summed E-state index contributed by atoms with van der Waals surface area (Å²) in [6.07, 6.45) is 6.37. The Morgan fingerprint density at radius 3 is 2.90 bits per heavy atom. The van der Waals surface area contributed by atoms with Crippen molar-refractivity contribution in [1.29, 1.82) is 0 Å². The van der Waals surface area contributed by atoms with Gasteiger partial charge in [-0.2, -0.15) is 8.78 Å². The molecule has 4 aliphatic rings. The van der Waals surface area contributed by atoms with Gasteiger partial charge in [0.15, 0.2) is 11.5 Å². The van der Waals surface area contributed by atoms with Gasteiger partial charge in [0.1, 0.15) is 12.2 Å². The minimum absolute atomic E-state index is 0.0322. The highest BCUT2D eigenvalue weighted by Gasteiger charge is 2.40. The SMILES string of the molecule is O=C(C1CC1)N1CCC[C@@H]1COc1cc(C2=CC3(CCOC3)ON2)ccc1OC(F)F. The molecule has 1 amide bonds. The Balaban J connectivity index is 1.33. The molecule has 2 saturated heterocycles. The molecular weight excluding hydrogens is 410 g/mol. The van der Waals surface area contributed by atoms with Gasteiger partial charge in [0.05, 0.1) is 18.3 Å². The van der Waals surface area contributed by atoms with Crippen LogP contribution in [0.1, 0.15) is 37.7 Å². The van der Waals surface area contributed by atoms with Crippen molar-refractivity contribution in [3.63, 3.8) is 0 Å². The van der Waals surface area contributed by atoms with Crippen LogP contribution < -0.4 is 15.0 Å². The molecule has 1 aliphatic carbocycles. The molecule has 3 heterocycles. The maximum atomic E-state index is 12.9. The van der Waals surface area contributed by atoms with Gasteiger partial charge in [-0.3, -0.25) is 15.1 Å². The summed E-state index contributed by atoms with van der Waals surface area (Å²) in [5.41, 5.74) is 3.88. The topological polar surface area (TPSA) is 69.3 Å². The predicted molar refractivity (Wildman–Crippen MR) is 106 cm³/mol. The highest BCUT2D eigenvalue weighted by atomic mass is 19.3. The van der Waals surface area contributed by atoms with Crippen molar-refractivity contribution in [3.8, 4) is 11.5 Å².